The van der Waals surface area contributed by atoms with Gasteiger partial charge in [-0.3, -0.25) is 9.88 Å². The lowest BCUT2D eigenvalue weighted by Gasteiger charge is -2.40. The lowest BCUT2D eigenvalue weighted by atomic mass is 9.96. The van der Waals surface area contributed by atoms with E-state index in [-0.39, 0.29) is 6.61 Å². The molecule has 0 saturated carbocycles. The van der Waals surface area contributed by atoms with Crippen molar-refractivity contribution in [2.24, 2.45) is 0 Å². The normalized spacial score (nSPS) is 30.4. The van der Waals surface area contributed by atoms with Gasteiger partial charge in [0.15, 0.2) is 0 Å². The predicted octanol–water partition coefficient (Wildman–Crippen LogP) is -0.630. The number of aliphatic hydroxyl groups is 3. The van der Waals surface area contributed by atoms with Crippen molar-refractivity contribution in [2.45, 2.75) is 31.2 Å². The highest BCUT2D eigenvalue weighted by molar-refractivity contribution is 5.10. The summed E-state index contributed by atoms with van der Waals surface area (Å²) in [5.41, 5.74) is 1.09. The van der Waals surface area contributed by atoms with Crippen LogP contribution < -0.4 is 0 Å². The van der Waals surface area contributed by atoms with Crippen molar-refractivity contribution in [1.82, 2.24) is 9.88 Å². The Morgan fingerprint density at radius 2 is 2.00 bits per heavy atom. The minimum atomic E-state index is -0.879. The zero-order valence-electron chi connectivity index (χ0n) is 9.61. The molecule has 17 heavy (non-hydrogen) atoms. The van der Waals surface area contributed by atoms with Crippen LogP contribution in [0.3, 0.4) is 0 Å². The van der Waals surface area contributed by atoms with Gasteiger partial charge in [-0.15, -0.1) is 0 Å². The minimum absolute atomic E-state index is 0.149. The van der Waals surface area contributed by atoms with Crippen LogP contribution in [-0.4, -0.2) is 56.6 Å². The molecule has 3 N–H and O–H groups in total. The molecule has 1 aliphatic heterocycles. The molecule has 5 heteroatoms. The Morgan fingerprint density at radius 3 is 2.65 bits per heavy atom. The van der Waals surface area contributed by atoms with Gasteiger partial charge < -0.3 is 15.3 Å². The van der Waals surface area contributed by atoms with Crippen LogP contribution in [0.4, 0.5) is 0 Å². The van der Waals surface area contributed by atoms with Crippen LogP contribution in [0.15, 0.2) is 24.5 Å². The van der Waals surface area contributed by atoms with E-state index in [4.69, 9.17) is 0 Å². The fourth-order valence-electron chi connectivity index (χ4n) is 2.25. The summed E-state index contributed by atoms with van der Waals surface area (Å²) in [6.45, 7) is 1.17. The van der Waals surface area contributed by atoms with Crippen LogP contribution >= 0.6 is 0 Å². The van der Waals surface area contributed by atoms with Crippen molar-refractivity contribution in [3.05, 3.63) is 30.1 Å². The first kappa shape index (κ1) is 12.4. The molecule has 94 valence electrons. The van der Waals surface area contributed by atoms with Gasteiger partial charge in [0, 0.05) is 25.5 Å². The van der Waals surface area contributed by atoms with E-state index in [1.54, 1.807) is 12.4 Å². The quantitative estimate of drug-likeness (QED) is 0.653. The molecule has 0 aromatic carbocycles. The molecule has 1 fully saturated rings. The summed E-state index contributed by atoms with van der Waals surface area (Å²) in [6.07, 6.45) is 2.36. The maximum Gasteiger partial charge on any atom is 0.0976 e. The lowest BCUT2D eigenvalue weighted by Crippen LogP contribution is -2.55. The van der Waals surface area contributed by atoms with Crippen LogP contribution in [0.2, 0.25) is 0 Å². The van der Waals surface area contributed by atoms with E-state index in [1.807, 2.05) is 17.0 Å². The Labute approximate surface area is 100 Å². The second kappa shape index (κ2) is 5.55. The Hall–Kier alpha value is -1.01. The minimum Gasteiger partial charge on any atom is -0.395 e. The summed E-state index contributed by atoms with van der Waals surface area (Å²) in [6, 6.07) is 3.42. The average molecular weight is 238 g/mol. The SMILES string of the molecule is OC[C@@H]1[C@@H](O)[C@H](O)CCN1Cc1ccncc1. The summed E-state index contributed by atoms with van der Waals surface area (Å²) < 4.78 is 0. The molecule has 1 aliphatic rings. The molecule has 5 nitrogen and oxygen atoms in total. The van der Waals surface area contributed by atoms with Crippen molar-refractivity contribution in [3.8, 4) is 0 Å². The van der Waals surface area contributed by atoms with Crippen LogP contribution in [0.25, 0.3) is 0 Å². The number of rotatable bonds is 3. The summed E-state index contributed by atoms with van der Waals surface area (Å²) in [5.74, 6) is 0. The maximum absolute atomic E-state index is 9.82. The molecule has 2 heterocycles. The third-order valence-electron chi connectivity index (χ3n) is 3.29. The molecule has 0 amide bonds. The van der Waals surface area contributed by atoms with Gasteiger partial charge >= 0.3 is 0 Å². The van der Waals surface area contributed by atoms with Crippen molar-refractivity contribution in [2.75, 3.05) is 13.2 Å². The Morgan fingerprint density at radius 1 is 1.29 bits per heavy atom. The van der Waals surface area contributed by atoms with Crippen LogP contribution in [-0.2, 0) is 6.54 Å². The first-order valence-electron chi connectivity index (χ1n) is 5.82. The Balaban J connectivity index is 2.05. The van der Waals surface area contributed by atoms with Gasteiger partial charge in [-0.2, -0.15) is 0 Å². The number of nitrogens with zero attached hydrogens (tertiary/aromatic N) is 2. The van der Waals surface area contributed by atoms with Gasteiger partial charge in [0.05, 0.1) is 24.9 Å². The van der Waals surface area contributed by atoms with Gasteiger partial charge in [0.25, 0.3) is 0 Å². The molecule has 1 aromatic heterocycles. The smallest absolute Gasteiger partial charge is 0.0976 e. The number of likely N-dealkylation sites (tertiary alicyclic amines) is 1. The average Bonchev–Trinajstić information content (AvgIpc) is 2.36. The molecule has 1 saturated heterocycles. The van der Waals surface area contributed by atoms with Crippen molar-refractivity contribution in [1.29, 1.82) is 0 Å². The van der Waals surface area contributed by atoms with Gasteiger partial charge in [-0.05, 0) is 24.1 Å². The van der Waals surface area contributed by atoms with Gasteiger partial charge in [-0.1, -0.05) is 0 Å². The molecule has 0 aliphatic carbocycles. The molecule has 2 rings (SSSR count). The van der Waals surface area contributed by atoms with Crippen molar-refractivity contribution < 1.29 is 15.3 Å². The second-order valence-electron chi connectivity index (χ2n) is 4.42. The molecule has 1 aromatic rings. The summed E-state index contributed by atoms with van der Waals surface area (Å²) in [4.78, 5) is 5.94. The number of hydrogen-bond acceptors (Lipinski definition) is 5. The summed E-state index contributed by atoms with van der Waals surface area (Å²) in [7, 11) is 0. The third kappa shape index (κ3) is 2.81. The molecule has 3 atom stereocenters. The number of hydrogen-bond donors (Lipinski definition) is 3. The van der Waals surface area contributed by atoms with Gasteiger partial charge in [0.2, 0.25) is 0 Å². The van der Waals surface area contributed by atoms with E-state index in [0.717, 1.165) is 5.56 Å². The molecule has 0 unspecified atom stereocenters. The molecule has 0 radical (unpaired) electrons. The van der Waals surface area contributed by atoms with Crippen LogP contribution in [0.1, 0.15) is 12.0 Å². The maximum atomic E-state index is 9.82. The fourth-order valence-corrected chi connectivity index (χ4v) is 2.25. The zero-order chi connectivity index (χ0) is 12.3. The molecule has 0 spiro atoms. The van der Waals surface area contributed by atoms with E-state index in [0.29, 0.717) is 19.5 Å². The van der Waals surface area contributed by atoms with Crippen molar-refractivity contribution in [3.63, 3.8) is 0 Å². The number of pyridine rings is 1. The number of aliphatic hydroxyl groups excluding tert-OH is 3. The highest BCUT2D eigenvalue weighted by Gasteiger charge is 2.35. The standard InChI is InChI=1S/C12H18N2O3/c15-8-10-12(17)11(16)3-6-14(10)7-9-1-4-13-5-2-9/h1-2,4-5,10-12,15-17H,3,6-8H2/t10-,11-,12-/m1/s1. The van der Waals surface area contributed by atoms with E-state index in [2.05, 4.69) is 4.98 Å². The van der Waals surface area contributed by atoms with Gasteiger partial charge in [-0.25, -0.2) is 0 Å². The second-order valence-corrected chi connectivity index (χ2v) is 4.42. The molecular weight excluding hydrogens is 220 g/mol. The Bertz CT molecular complexity index is 347. The van der Waals surface area contributed by atoms with E-state index < -0.39 is 18.2 Å². The predicted molar refractivity (Wildman–Crippen MR) is 62.2 cm³/mol. The van der Waals surface area contributed by atoms with E-state index in [1.165, 1.54) is 0 Å². The number of piperidine rings is 1. The highest BCUT2D eigenvalue weighted by atomic mass is 16.3. The highest BCUT2D eigenvalue weighted by Crippen LogP contribution is 2.20. The van der Waals surface area contributed by atoms with Crippen LogP contribution in [0.5, 0.6) is 0 Å². The topological polar surface area (TPSA) is 76.8 Å². The Kier molecular flexibility index (Phi) is 4.06. The first-order valence-corrected chi connectivity index (χ1v) is 5.82. The monoisotopic (exact) mass is 238 g/mol. The van der Waals surface area contributed by atoms with E-state index >= 15 is 0 Å². The summed E-state index contributed by atoms with van der Waals surface area (Å²) in [5, 5.41) is 28.7. The fraction of sp³-hybridized carbons (Fsp3) is 0.583. The molecule has 0 bridgehead atoms. The van der Waals surface area contributed by atoms with Gasteiger partial charge in [0.1, 0.15) is 0 Å². The molecular formula is C12H18N2O3. The lowest BCUT2D eigenvalue weighted by molar-refractivity contribution is -0.0920. The largest absolute Gasteiger partial charge is 0.395 e. The third-order valence-corrected chi connectivity index (χ3v) is 3.29. The van der Waals surface area contributed by atoms with E-state index in [9.17, 15) is 15.3 Å². The van der Waals surface area contributed by atoms with Crippen LogP contribution in [0, 0.1) is 0 Å². The first-order chi connectivity index (χ1) is 8.22. The number of aromatic nitrogens is 1. The summed E-state index contributed by atoms with van der Waals surface area (Å²) >= 11 is 0. The van der Waals surface area contributed by atoms with Crippen molar-refractivity contribution >= 4 is 0 Å². The zero-order valence-corrected chi connectivity index (χ0v) is 9.61.